The maximum Gasteiger partial charge on any atom is 0.340 e. The number of hydrogen-bond donors (Lipinski definition) is 1. The van der Waals surface area contributed by atoms with Crippen molar-refractivity contribution in [3.05, 3.63) is 30.3 Å². The van der Waals surface area contributed by atoms with Crippen molar-refractivity contribution in [1.82, 2.24) is 10.2 Å². The van der Waals surface area contributed by atoms with Crippen LogP contribution in [0.25, 0.3) is 0 Å². The fraction of sp³-hybridized carbons (Fsp3) is 0.438. The van der Waals surface area contributed by atoms with Gasteiger partial charge in [-0.05, 0) is 37.0 Å². The van der Waals surface area contributed by atoms with Gasteiger partial charge in [-0.2, -0.15) is 11.8 Å². The third-order valence-corrected chi connectivity index (χ3v) is 4.21. The van der Waals surface area contributed by atoms with Crippen molar-refractivity contribution in [3.8, 4) is 0 Å². The van der Waals surface area contributed by atoms with Crippen LogP contribution in [0.15, 0.2) is 30.3 Å². The lowest BCUT2D eigenvalue weighted by molar-refractivity contribution is -0.119. The minimum atomic E-state index is -0.744. The second-order valence-corrected chi connectivity index (χ2v) is 6.18. The van der Waals surface area contributed by atoms with Crippen LogP contribution in [0.4, 0.5) is 15.3 Å². The van der Waals surface area contributed by atoms with E-state index in [9.17, 15) is 14.4 Å². The summed E-state index contributed by atoms with van der Waals surface area (Å²) >= 11 is 1.58. The van der Waals surface area contributed by atoms with Gasteiger partial charge in [-0.3, -0.25) is 4.79 Å². The van der Waals surface area contributed by atoms with Crippen LogP contribution in [0.3, 0.4) is 0 Å². The van der Waals surface area contributed by atoms with Crippen LogP contribution in [-0.2, 0) is 4.79 Å². The van der Waals surface area contributed by atoms with E-state index in [2.05, 4.69) is 5.32 Å². The molecule has 1 atom stereocenters. The molecule has 5 amide bonds. The van der Waals surface area contributed by atoms with Gasteiger partial charge in [-0.1, -0.05) is 25.1 Å². The summed E-state index contributed by atoms with van der Waals surface area (Å²) in [6.07, 6.45) is 3.14. The van der Waals surface area contributed by atoms with Gasteiger partial charge in [0.15, 0.2) is 0 Å². The van der Waals surface area contributed by atoms with Crippen molar-refractivity contribution >= 4 is 35.4 Å². The molecule has 23 heavy (non-hydrogen) atoms. The summed E-state index contributed by atoms with van der Waals surface area (Å²) in [6, 6.07) is 6.87. The SMILES string of the molecule is CCCNC(=O)N1C(=O)N(c2ccccc2)C(=O)C1CCSC. The average molecular weight is 335 g/mol. The standard InChI is InChI=1S/C16H21N3O3S/c1-3-10-17-15(21)19-13(9-11-23-2)14(20)18(16(19)22)12-7-5-4-6-8-12/h4-8,13H,3,9-11H2,1-2H3,(H,17,21). The maximum atomic E-state index is 12.7. The topological polar surface area (TPSA) is 69.7 Å². The number of rotatable bonds is 6. The Morgan fingerprint density at radius 3 is 2.57 bits per heavy atom. The molecule has 1 unspecified atom stereocenters. The van der Waals surface area contributed by atoms with Crippen molar-refractivity contribution < 1.29 is 14.4 Å². The molecule has 1 fully saturated rings. The van der Waals surface area contributed by atoms with Crippen molar-refractivity contribution in [2.24, 2.45) is 0 Å². The van der Waals surface area contributed by atoms with E-state index < -0.39 is 18.1 Å². The zero-order chi connectivity index (χ0) is 16.8. The van der Waals surface area contributed by atoms with Crippen molar-refractivity contribution in [1.29, 1.82) is 0 Å². The zero-order valence-electron chi connectivity index (χ0n) is 13.3. The summed E-state index contributed by atoms with van der Waals surface area (Å²) < 4.78 is 0. The van der Waals surface area contributed by atoms with Crippen LogP contribution in [0.2, 0.25) is 0 Å². The van der Waals surface area contributed by atoms with E-state index in [0.29, 0.717) is 24.4 Å². The highest BCUT2D eigenvalue weighted by atomic mass is 32.2. The predicted molar refractivity (Wildman–Crippen MR) is 91.6 cm³/mol. The number of benzene rings is 1. The summed E-state index contributed by atoms with van der Waals surface area (Å²) in [7, 11) is 0. The highest BCUT2D eigenvalue weighted by Gasteiger charge is 2.48. The highest BCUT2D eigenvalue weighted by Crippen LogP contribution is 2.27. The Hall–Kier alpha value is -2.02. The molecule has 0 aromatic heterocycles. The summed E-state index contributed by atoms with van der Waals surface area (Å²) in [4.78, 5) is 39.8. The first-order valence-electron chi connectivity index (χ1n) is 7.60. The molecule has 1 heterocycles. The van der Waals surface area contributed by atoms with E-state index in [-0.39, 0.29) is 5.91 Å². The molecule has 0 spiro atoms. The van der Waals surface area contributed by atoms with Crippen molar-refractivity contribution in [3.63, 3.8) is 0 Å². The number of carbonyl (C=O) groups is 3. The van der Waals surface area contributed by atoms with Crippen LogP contribution < -0.4 is 10.2 Å². The van der Waals surface area contributed by atoms with Crippen LogP contribution in [-0.4, -0.2) is 47.5 Å². The molecule has 1 aliphatic rings. The summed E-state index contributed by atoms with van der Waals surface area (Å²) in [5.41, 5.74) is 0.488. The van der Waals surface area contributed by atoms with Crippen LogP contribution >= 0.6 is 11.8 Å². The van der Waals surface area contributed by atoms with Gasteiger partial charge in [-0.25, -0.2) is 19.4 Å². The Kier molecular flexibility index (Phi) is 6.04. The van der Waals surface area contributed by atoms with E-state index in [1.807, 2.05) is 19.2 Å². The number of nitrogens with zero attached hydrogens (tertiary/aromatic N) is 2. The first-order valence-corrected chi connectivity index (χ1v) is 9.00. The molecule has 1 aliphatic heterocycles. The molecule has 0 bridgehead atoms. The molecule has 6 nitrogen and oxygen atoms in total. The fourth-order valence-corrected chi connectivity index (χ4v) is 2.90. The predicted octanol–water partition coefficient (Wildman–Crippen LogP) is 2.70. The van der Waals surface area contributed by atoms with Gasteiger partial charge < -0.3 is 5.32 Å². The number of nitrogens with one attached hydrogen (secondary N) is 1. The number of anilines is 1. The lowest BCUT2D eigenvalue weighted by Crippen LogP contribution is -2.46. The third kappa shape index (κ3) is 3.67. The Balaban J connectivity index is 2.29. The summed E-state index contributed by atoms with van der Waals surface area (Å²) in [5.74, 6) is 0.353. The van der Waals surface area contributed by atoms with Crippen LogP contribution in [0, 0.1) is 0 Å². The number of carbonyl (C=O) groups excluding carboxylic acids is 3. The first-order chi connectivity index (χ1) is 11.1. The van der Waals surface area contributed by atoms with E-state index >= 15 is 0 Å². The zero-order valence-corrected chi connectivity index (χ0v) is 14.1. The minimum absolute atomic E-state index is 0.345. The lowest BCUT2D eigenvalue weighted by atomic mass is 10.2. The molecule has 0 radical (unpaired) electrons. The Morgan fingerprint density at radius 2 is 1.96 bits per heavy atom. The second-order valence-electron chi connectivity index (χ2n) is 5.19. The molecule has 1 aromatic carbocycles. The number of thioether (sulfide) groups is 1. The Bertz CT molecular complexity index is 579. The molecule has 0 aliphatic carbocycles. The van der Waals surface area contributed by atoms with Gasteiger partial charge in [0.25, 0.3) is 5.91 Å². The summed E-state index contributed by atoms with van der Waals surface area (Å²) in [6.45, 7) is 2.40. The average Bonchev–Trinajstić information content (AvgIpc) is 2.81. The largest absolute Gasteiger partial charge is 0.340 e. The quantitative estimate of drug-likeness (QED) is 0.812. The maximum absolute atomic E-state index is 12.7. The number of imide groups is 2. The van der Waals surface area contributed by atoms with Crippen LogP contribution in [0.1, 0.15) is 19.8 Å². The van der Waals surface area contributed by atoms with E-state index in [4.69, 9.17) is 0 Å². The molecular weight excluding hydrogens is 314 g/mol. The number of amides is 5. The molecule has 1 N–H and O–H groups in total. The van der Waals surface area contributed by atoms with Gasteiger partial charge in [0.05, 0.1) is 5.69 Å². The van der Waals surface area contributed by atoms with Gasteiger partial charge in [-0.15, -0.1) is 0 Å². The summed E-state index contributed by atoms with van der Waals surface area (Å²) in [5, 5.41) is 2.68. The first kappa shape index (κ1) is 17.3. The normalized spacial score (nSPS) is 17.7. The lowest BCUT2D eigenvalue weighted by Gasteiger charge is -2.20. The van der Waals surface area contributed by atoms with Crippen molar-refractivity contribution in [2.75, 3.05) is 23.5 Å². The van der Waals surface area contributed by atoms with E-state index in [0.717, 1.165) is 16.2 Å². The molecule has 1 saturated heterocycles. The number of para-hydroxylation sites is 1. The van der Waals surface area contributed by atoms with E-state index in [1.165, 1.54) is 0 Å². The monoisotopic (exact) mass is 335 g/mol. The van der Waals surface area contributed by atoms with Crippen LogP contribution in [0.5, 0.6) is 0 Å². The highest BCUT2D eigenvalue weighted by molar-refractivity contribution is 7.98. The smallest absolute Gasteiger partial charge is 0.338 e. The second kappa shape index (κ2) is 8.01. The Labute approximate surface area is 140 Å². The molecule has 7 heteroatoms. The van der Waals surface area contributed by atoms with Gasteiger partial charge >= 0.3 is 12.1 Å². The molecule has 2 rings (SSSR count). The van der Waals surface area contributed by atoms with E-state index in [1.54, 1.807) is 36.0 Å². The third-order valence-electron chi connectivity index (χ3n) is 3.57. The van der Waals surface area contributed by atoms with Gasteiger partial charge in [0.2, 0.25) is 0 Å². The van der Waals surface area contributed by atoms with Gasteiger partial charge in [0.1, 0.15) is 6.04 Å². The Morgan fingerprint density at radius 1 is 1.26 bits per heavy atom. The number of hydrogen-bond acceptors (Lipinski definition) is 4. The molecule has 1 aromatic rings. The number of urea groups is 2. The van der Waals surface area contributed by atoms with Gasteiger partial charge in [0, 0.05) is 6.54 Å². The molecular formula is C16H21N3O3S. The van der Waals surface area contributed by atoms with Crippen molar-refractivity contribution in [2.45, 2.75) is 25.8 Å². The minimum Gasteiger partial charge on any atom is -0.338 e. The molecule has 124 valence electrons. The fourth-order valence-electron chi connectivity index (χ4n) is 2.44. The molecule has 0 saturated carbocycles.